The predicted octanol–water partition coefficient (Wildman–Crippen LogP) is 5.70. The van der Waals surface area contributed by atoms with Crippen molar-refractivity contribution < 1.29 is 0 Å². The highest BCUT2D eigenvalue weighted by atomic mass is 15.1. The molecule has 0 atom stereocenters. The summed E-state index contributed by atoms with van der Waals surface area (Å²) in [7, 11) is 0. The molecule has 107 valence electrons. The minimum absolute atomic E-state index is 1.00. The minimum atomic E-state index is 1.00. The second kappa shape index (κ2) is 6.07. The number of anilines is 3. The summed E-state index contributed by atoms with van der Waals surface area (Å²) < 4.78 is 0. The fourth-order valence-electron chi connectivity index (χ4n) is 2.38. The van der Waals surface area contributed by atoms with Crippen molar-refractivity contribution in [1.29, 1.82) is 0 Å². The zero-order valence-corrected chi connectivity index (χ0v) is 12.5. The van der Waals surface area contributed by atoms with E-state index in [1.54, 1.807) is 0 Å². The Balaban J connectivity index is 2.10. The highest BCUT2D eigenvalue weighted by Crippen LogP contribution is 2.34. The summed E-state index contributed by atoms with van der Waals surface area (Å²) in [5, 5.41) is 0. The Hall–Kier alpha value is -2.54. The van der Waals surface area contributed by atoms with Gasteiger partial charge in [0.2, 0.25) is 0 Å². The standard InChI is InChI=1S/C21H18N/c1-16-4-10-19(11-5-16)22(20-12-6-17(2)7-13-20)21-14-8-18(3)9-15-21/h4-15H,1-3H2. The fourth-order valence-corrected chi connectivity index (χ4v) is 2.38. The van der Waals surface area contributed by atoms with Gasteiger partial charge in [0.1, 0.15) is 0 Å². The van der Waals surface area contributed by atoms with Crippen LogP contribution in [0, 0.1) is 20.8 Å². The lowest BCUT2D eigenvalue weighted by Crippen LogP contribution is -2.09. The third-order valence-corrected chi connectivity index (χ3v) is 3.58. The minimum Gasteiger partial charge on any atom is -0.311 e. The van der Waals surface area contributed by atoms with Crippen molar-refractivity contribution in [3.63, 3.8) is 0 Å². The lowest BCUT2D eigenvalue weighted by atomic mass is 10.1. The maximum Gasteiger partial charge on any atom is 0.0461 e. The first-order valence-electron chi connectivity index (χ1n) is 7.20. The first kappa shape index (κ1) is 14.4. The summed E-state index contributed by atoms with van der Waals surface area (Å²) in [6, 6.07) is 24.6. The highest BCUT2D eigenvalue weighted by molar-refractivity contribution is 5.76. The number of benzene rings is 3. The van der Waals surface area contributed by atoms with Crippen molar-refractivity contribution in [1.82, 2.24) is 0 Å². The SMILES string of the molecule is [CH2]c1ccc(N(c2ccc([CH2])cc2)c2ccc([CH2])cc2)cc1. The molecule has 0 fully saturated rings. The fraction of sp³-hybridized carbons (Fsp3) is 0. The molecule has 3 radical (unpaired) electrons. The molecule has 0 spiro atoms. The largest absolute Gasteiger partial charge is 0.311 e. The number of hydrogen-bond donors (Lipinski definition) is 0. The molecule has 3 aromatic carbocycles. The molecule has 0 heterocycles. The molecule has 0 aromatic heterocycles. The summed E-state index contributed by atoms with van der Waals surface area (Å²) in [5.74, 6) is 0. The monoisotopic (exact) mass is 284 g/mol. The number of rotatable bonds is 3. The first-order valence-corrected chi connectivity index (χ1v) is 7.20. The molecule has 0 saturated heterocycles. The maximum absolute atomic E-state index is 3.95. The third-order valence-electron chi connectivity index (χ3n) is 3.58. The van der Waals surface area contributed by atoms with E-state index >= 15 is 0 Å². The van der Waals surface area contributed by atoms with E-state index in [1.807, 2.05) is 36.4 Å². The molecule has 0 bridgehead atoms. The van der Waals surface area contributed by atoms with E-state index < -0.39 is 0 Å². The highest BCUT2D eigenvalue weighted by Gasteiger charge is 2.11. The van der Waals surface area contributed by atoms with E-state index in [0.717, 1.165) is 33.8 Å². The molecule has 22 heavy (non-hydrogen) atoms. The van der Waals surface area contributed by atoms with Gasteiger partial charge in [0.15, 0.2) is 0 Å². The Labute approximate surface area is 132 Å². The lowest BCUT2D eigenvalue weighted by Gasteiger charge is -2.25. The molecular weight excluding hydrogens is 266 g/mol. The van der Waals surface area contributed by atoms with Crippen LogP contribution in [0.3, 0.4) is 0 Å². The van der Waals surface area contributed by atoms with E-state index in [2.05, 4.69) is 62.1 Å². The van der Waals surface area contributed by atoms with Crippen LogP contribution in [0.1, 0.15) is 16.7 Å². The molecular formula is C21H18N. The van der Waals surface area contributed by atoms with Crippen LogP contribution in [-0.2, 0) is 0 Å². The van der Waals surface area contributed by atoms with Gasteiger partial charge in [0.05, 0.1) is 0 Å². The summed E-state index contributed by atoms with van der Waals surface area (Å²) >= 11 is 0. The Morgan fingerprint density at radius 1 is 0.409 bits per heavy atom. The lowest BCUT2D eigenvalue weighted by molar-refractivity contribution is 1.28. The van der Waals surface area contributed by atoms with Crippen LogP contribution >= 0.6 is 0 Å². The van der Waals surface area contributed by atoms with Gasteiger partial charge in [-0.1, -0.05) is 36.4 Å². The Morgan fingerprint density at radius 3 is 0.864 bits per heavy atom. The molecule has 1 nitrogen and oxygen atoms in total. The summed E-state index contributed by atoms with van der Waals surface area (Å²) in [4.78, 5) is 2.21. The van der Waals surface area contributed by atoms with Gasteiger partial charge in [0.25, 0.3) is 0 Å². The number of hydrogen-bond acceptors (Lipinski definition) is 1. The topological polar surface area (TPSA) is 3.24 Å². The second-order valence-electron chi connectivity index (χ2n) is 5.33. The maximum atomic E-state index is 3.95. The Morgan fingerprint density at radius 2 is 0.636 bits per heavy atom. The molecule has 0 unspecified atom stereocenters. The van der Waals surface area contributed by atoms with E-state index in [4.69, 9.17) is 0 Å². The smallest absolute Gasteiger partial charge is 0.0461 e. The molecule has 3 rings (SSSR count). The Bertz CT molecular complexity index is 629. The van der Waals surface area contributed by atoms with Gasteiger partial charge in [-0.25, -0.2) is 0 Å². The zero-order valence-electron chi connectivity index (χ0n) is 12.5. The molecule has 0 aliphatic heterocycles. The molecule has 0 aliphatic carbocycles. The van der Waals surface area contributed by atoms with Crippen molar-refractivity contribution in [2.24, 2.45) is 0 Å². The van der Waals surface area contributed by atoms with Gasteiger partial charge in [-0.15, -0.1) is 0 Å². The van der Waals surface area contributed by atoms with Crippen LogP contribution < -0.4 is 4.90 Å². The van der Waals surface area contributed by atoms with Gasteiger partial charge in [0, 0.05) is 17.1 Å². The van der Waals surface area contributed by atoms with Gasteiger partial charge in [-0.05, 0) is 73.9 Å². The van der Waals surface area contributed by atoms with Crippen molar-refractivity contribution in [2.75, 3.05) is 4.90 Å². The Kier molecular flexibility index (Phi) is 3.97. The third kappa shape index (κ3) is 3.04. The molecule has 1 heteroatoms. The van der Waals surface area contributed by atoms with E-state index in [0.29, 0.717) is 0 Å². The molecule has 0 aliphatic rings. The average Bonchev–Trinajstić information content (AvgIpc) is 2.53. The van der Waals surface area contributed by atoms with E-state index in [-0.39, 0.29) is 0 Å². The molecule has 3 aromatic rings. The van der Waals surface area contributed by atoms with Crippen molar-refractivity contribution >= 4 is 17.1 Å². The molecule has 0 amide bonds. The van der Waals surface area contributed by atoms with Crippen LogP contribution in [0.25, 0.3) is 0 Å². The second-order valence-corrected chi connectivity index (χ2v) is 5.33. The van der Waals surface area contributed by atoms with Crippen molar-refractivity contribution in [2.45, 2.75) is 0 Å². The van der Waals surface area contributed by atoms with Crippen LogP contribution in [0.4, 0.5) is 17.1 Å². The van der Waals surface area contributed by atoms with E-state index in [1.165, 1.54) is 0 Å². The van der Waals surface area contributed by atoms with Crippen LogP contribution in [-0.4, -0.2) is 0 Å². The summed E-state index contributed by atoms with van der Waals surface area (Å²) in [6.07, 6.45) is 0. The summed E-state index contributed by atoms with van der Waals surface area (Å²) in [6.45, 7) is 11.9. The van der Waals surface area contributed by atoms with E-state index in [9.17, 15) is 0 Å². The van der Waals surface area contributed by atoms with Gasteiger partial charge >= 0.3 is 0 Å². The predicted molar refractivity (Wildman–Crippen MR) is 94.5 cm³/mol. The average molecular weight is 284 g/mol. The zero-order chi connectivity index (χ0) is 15.5. The van der Waals surface area contributed by atoms with Crippen molar-refractivity contribution in [3.05, 3.63) is 110 Å². The summed E-state index contributed by atoms with van der Waals surface area (Å²) in [5.41, 5.74) is 6.31. The first-order chi connectivity index (χ1) is 10.6. The van der Waals surface area contributed by atoms with Gasteiger partial charge < -0.3 is 4.90 Å². The molecule has 0 N–H and O–H groups in total. The quantitative estimate of drug-likeness (QED) is 0.596. The van der Waals surface area contributed by atoms with Crippen LogP contribution in [0.2, 0.25) is 0 Å². The van der Waals surface area contributed by atoms with Crippen molar-refractivity contribution in [3.8, 4) is 0 Å². The normalized spacial score (nSPS) is 10.5. The van der Waals surface area contributed by atoms with Crippen LogP contribution in [0.15, 0.2) is 72.8 Å². The van der Waals surface area contributed by atoms with Gasteiger partial charge in [-0.2, -0.15) is 0 Å². The van der Waals surface area contributed by atoms with Gasteiger partial charge in [-0.3, -0.25) is 0 Å². The van der Waals surface area contributed by atoms with Crippen LogP contribution in [0.5, 0.6) is 0 Å². The number of nitrogens with zero attached hydrogens (tertiary/aromatic N) is 1. The molecule has 0 saturated carbocycles.